The number of nitrogens with zero attached hydrogens (tertiary/aromatic N) is 2. The molecule has 46 heavy (non-hydrogen) atoms. The van der Waals surface area contributed by atoms with Crippen molar-refractivity contribution in [1.29, 1.82) is 0 Å². The number of aromatic nitrogens is 2. The van der Waals surface area contributed by atoms with E-state index < -0.39 is 0 Å². The van der Waals surface area contributed by atoms with Gasteiger partial charge in [-0.1, -0.05) is 213 Å². The molecule has 2 nitrogen and oxygen atoms in total. The maximum Gasteiger partial charge on any atom is 0.256 e. The van der Waals surface area contributed by atoms with Gasteiger partial charge in [0, 0.05) is 6.42 Å². The van der Waals surface area contributed by atoms with Crippen LogP contribution in [0.1, 0.15) is 251 Å². The molecule has 0 spiro atoms. The highest BCUT2D eigenvalue weighted by molar-refractivity contribution is 4.84. The van der Waals surface area contributed by atoms with E-state index in [9.17, 15) is 0 Å². The van der Waals surface area contributed by atoms with Crippen LogP contribution in [0, 0.1) is 0 Å². The van der Waals surface area contributed by atoms with Crippen LogP contribution in [0.2, 0.25) is 0 Å². The van der Waals surface area contributed by atoms with Crippen molar-refractivity contribution in [3.05, 3.63) is 18.2 Å². The molecule has 0 radical (unpaired) electrons. The fourth-order valence-electron chi connectivity index (χ4n) is 7.39. The lowest BCUT2D eigenvalue weighted by Crippen LogP contribution is -2.37. The summed E-state index contributed by atoms with van der Waals surface area (Å²) in [5.41, 5.74) is 0. The van der Waals surface area contributed by atoms with Crippen molar-refractivity contribution in [3.8, 4) is 0 Å². The fourth-order valence-corrected chi connectivity index (χ4v) is 7.39. The van der Waals surface area contributed by atoms with Gasteiger partial charge in [-0.05, 0) is 32.1 Å². The van der Waals surface area contributed by atoms with Crippen molar-refractivity contribution in [1.82, 2.24) is 4.57 Å². The van der Waals surface area contributed by atoms with Gasteiger partial charge in [-0.2, -0.15) is 0 Å². The molecule has 0 aromatic carbocycles. The third-order valence-corrected chi connectivity index (χ3v) is 10.6. The predicted molar refractivity (Wildman–Crippen MR) is 207 cm³/mol. The van der Waals surface area contributed by atoms with Gasteiger partial charge in [0.05, 0.1) is 13.1 Å². The van der Waals surface area contributed by atoms with E-state index >= 15 is 0 Å². The molecule has 0 amide bonds. The van der Waals surface area contributed by atoms with Crippen LogP contribution in [-0.2, 0) is 19.5 Å². The van der Waals surface area contributed by atoms with Crippen LogP contribution < -0.4 is 4.57 Å². The molecule has 0 bridgehead atoms. The van der Waals surface area contributed by atoms with Gasteiger partial charge in [0.15, 0.2) is 0 Å². The Hall–Kier alpha value is -0.790. The molecule has 0 fully saturated rings. The monoisotopic (exact) mass is 644 g/mol. The van der Waals surface area contributed by atoms with Gasteiger partial charge >= 0.3 is 0 Å². The van der Waals surface area contributed by atoms with Gasteiger partial charge in [0.2, 0.25) is 0 Å². The minimum absolute atomic E-state index is 1.23. The molecule has 272 valence electrons. The van der Waals surface area contributed by atoms with Crippen molar-refractivity contribution in [2.45, 2.75) is 265 Å². The molecule has 0 aliphatic heterocycles. The third kappa shape index (κ3) is 27.2. The van der Waals surface area contributed by atoms with Crippen LogP contribution in [0.5, 0.6) is 0 Å². The van der Waals surface area contributed by atoms with Crippen molar-refractivity contribution in [2.24, 2.45) is 0 Å². The minimum Gasteiger partial charge on any atom is -0.234 e. The lowest BCUT2D eigenvalue weighted by Gasteiger charge is -2.07. The number of imidazole rings is 1. The first kappa shape index (κ1) is 43.2. The Bertz CT molecular complexity index is 663. The number of rotatable bonds is 38. The fraction of sp³-hybridized carbons (Fsp3) is 0.932. The zero-order chi connectivity index (χ0) is 33.0. The summed E-state index contributed by atoms with van der Waals surface area (Å²) in [5, 5.41) is 0. The van der Waals surface area contributed by atoms with E-state index in [0.717, 1.165) is 0 Å². The second-order valence-electron chi connectivity index (χ2n) is 15.2. The summed E-state index contributed by atoms with van der Waals surface area (Å²) in [7, 11) is 0. The lowest BCUT2D eigenvalue weighted by molar-refractivity contribution is -0.704. The quantitative estimate of drug-likeness (QED) is 0.0501. The first-order chi connectivity index (χ1) is 22.8. The molecule has 0 aliphatic rings. The van der Waals surface area contributed by atoms with Gasteiger partial charge in [-0.25, -0.2) is 9.13 Å². The molecule has 1 aromatic rings. The Labute approximate surface area is 291 Å². The molecule has 0 atom stereocenters. The van der Waals surface area contributed by atoms with Crippen LogP contribution in [0.3, 0.4) is 0 Å². The molecular formula is C44H87N2+. The highest BCUT2D eigenvalue weighted by atomic mass is 15.1. The summed E-state index contributed by atoms with van der Waals surface area (Å²) in [4.78, 5) is 0. The van der Waals surface area contributed by atoms with E-state index in [1.807, 2.05) is 0 Å². The van der Waals surface area contributed by atoms with Crippen molar-refractivity contribution in [2.75, 3.05) is 0 Å². The SMILES string of the molecule is CCCCCCCCCCCCCCCc1n(CCCCCCCCCCCCC)cc[n+]1CCCCCCCCCCCCC. The van der Waals surface area contributed by atoms with Crippen LogP contribution >= 0.6 is 0 Å². The molecule has 0 N–H and O–H groups in total. The van der Waals surface area contributed by atoms with Crippen molar-refractivity contribution in [3.63, 3.8) is 0 Å². The Morgan fingerprint density at radius 3 is 1.04 bits per heavy atom. The summed E-state index contributed by atoms with van der Waals surface area (Å²) in [6, 6.07) is 0. The molecule has 1 heterocycles. The summed E-state index contributed by atoms with van der Waals surface area (Å²) in [6.45, 7) is 9.41. The molecule has 0 unspecified atom stereocenters. The second-order valence-corrected chi connectivity index (χ2v) is 15.2. The van der Waals surface area contributed by atoms with Gasteiger partial charge < -0.3 is 0 Å². The Morgan fingerprint density at radius 1 is 0.370 bits per heavy atom. The molecule has 0 saturated carbocycles. The van der Waals surface area contributed by atoms with E-state index in [1.165, 1.54) is 244 Å². The number of hydrogen-bond donors (Lipinski definition) is 0. The van der Waals surface area contributed by atoms with Crippen LogP contribution in [-0.4, -0.2) is 4.57 Å². The van der Waals surface area contributed by atoms with Gasteiger partial charge in [0.25, 0.3) is 5.82 Å². The van der Waals surface area contributed by atoms with Crippen LogP contribution in [0.4, 0.5) is 0 Å². The molecule has 0 saturated heterocycles. The highest BCUT2D eigenvalue weighted by Gasteiger charge is 2.16. The maximum absolute atomic E-state index is 2.65. The van der Waals surface area contributed by atoms with Crippen molar-refractivity contribution < 1.29 is 4.57 Å². The molecule has 0 aliphatic carbocycles. The molecule has 1 aromatic heterocycles. The van der Waals surface area contributed by atoms with Crippen molar-refractivity contribution >= 4 is 0 Å². The van der Waals surface area contributed by atoms with E-state index in [1.54, 1.807) is 5.82 Å². The van der Waals surface area contributed by atoms with Gasteiger partial charge in [-0.15, -0.1) is 0 Å². The van der Waals surface area contributed by atoms with Gasteiger partial charge in [-0.3, -0.25) is 0 Å². The molecule has 2 heteroatoms. The van der Waals surface area contributed by atoms with E-state index in [0.29, 0.717) is 0 Å². The first-order valence-corrected chi connectivity index (χ1v) is 21.9. The maximum atomic E-state index is 2.65. The number of aryl methyl sites for hydroxylation is 2. The lowest BCUT2D eigenvalue weighted by atomic mass is 10.0. The normalized spacial score (nSPS) is 11.6. The topological polar surface area (TPSA) is 8.81 Å². The average Bonchev–Trinajstić information content (AvgIpc) is 3.45. The Kier molecular flexibility index (Phi) is 33.4. The van der Waals surface area contributed by atoms with E-state index in [2.05, 4.69) is 42.3 Å². The summed E-state index contributed by atoms with van der Waals surface area (Å²) in [6.07, 6.45) is 56.3. The highest BCUT2D eigenvalue weighted by Crippen LogP contribution is 2.16. The Morgan fingerprint density at radius 2 is 0.674 bits per heavy atom. The summed E-state index contributed by atoms with van der Waals surface area (Å²) in [5.74, 6) is 1.63. The third-order valence-electron chi connectivity index (χ3n) is 10.6. The zero-order valence-electron chi connectivity index (χ0n) is 32.4. The standard InChI is InChI=1S/C44H87N2/c1-4-7-10-13-16-19-22-23-24-27-30-33-36-39-44-45(40-37-34-31-28-25-20-17-14-11-8-5-2)42-43-46(44)41-38-35-32-29-26-21-18-15-12-9-6-3/h42-43H,4-41H2,1-3H3/q+1. The predicted octanol–water partition coefficient (Wildman–Crippen LogP) is 15.0. The second kappa shape index (κ2) is 35.5. The van der Waals surface area contributed by atoms with E-state index in [-0.39, 0.29) is 0 Å². The van der Waals surface area contributed by atoms with Crippen LogP contribution in [0.15, 0.2) is 12.4 Å². The smallest absolute Gasteiger partial charge is 0.234 e. The number of hydrogen-bond acceptors (Lipinski definition) is 0. The zero-order valence-corrected chi connectivity index (χ0v) is 32.4. The largest absolute Gasteiger partial charge is 0.256 e. The average molecular weight is 644 g/mol. The number of unbranched alkanes of at least 4 members (excludes halogenated alkanes) is 32. The molecule has 1 rings (SSSR count). The van der Waals surface area contributed by atoms with Crippen LogP contribution in [0.25, 0.3) is 0 Å². The summed E-state index contributed by atoms with van der Waals surface area (Å²) < 4.78 is 5.29. The first-order valence-electron chi connectivity index (χ1n) is 21.9. The Balaban J connectivity index is 2.29. The van der Waals surface area contributed by atoms with Gasteiger partial charge in [0.1, 0.15) is 12.4 Å². The minimum atomic E-state index is 1.23. The summed E-state index contributed by atoms with van der Waals surface area (Å²) >= 11 is 0. The molecular weight excluding hydrogens is 556 g/mol. The van der Waals surface area contributed by atoms with E-state index in [4.69, 9.17) is 0 Å².